The summed E-state index contributed by atoms with van der Waals surface area (Å²) in [6.45, 7) is -0.692. The molecule has 0 atom stereocenters. The van der Waals surface area contributed by atoms with Gasteiger partial charge in [-0.2, -0.15) is 0 Å². The SMILES string of the molecule is CCP(c1ccccc1)(c1ccccc1)(c1ccc(N)cc1)c1ccc(N)cc1. The first-order valence-electron chi connectivity index (χ1n) is 9.96. The summed E-state index contributed by atoms with van der Waals surface area (Å²) in [7, 11) is 0. The Labute approximate surface area is 173 Å². The zero-order valence-corrected chi connectivity index (χ0v) is 17.6. The molecule has 0 spiro atoms. The van der Waals surface area contributed by atoms with Crippen molar-refractivity contribution >= 4 is 39.2 Å². The van der Waals surface area contributed by atoms with Crippen molar-refractivity contribution in [2.24, 2.45) is 0 Å². The first-order chi connectivity index (χ1) is 14.1. The summed E-state index contributed by atoms with van der Waals surface area (Å²) in [4.78, 5) is 0. The van der Waals surface area contributed by atoms with Gasteiger partial charge in [0.15, 0.2) is 0 Å². The summed E-state index contributed by atoms with van der Waals surface area (Å²) >= 11 is 0. The van der Waals surface area contributed by atoms with Crippen molar-refractivity contribution in [3.8, 4) is 0 Å². The van der Waals surface area contributed by atoms with Crippen LogP contribution in [0.3, 0.4) is 0 Å². The molecule has 0 saturated carbocycles. The third kappa shape index (κ3) is 2.75. The molecule has 0 radical (unpaired) electrons. The molecule has 0 bridgehead atoms. The molecule has 0 fully saturated rings. The topological polar surface area (TPSA) is 52.0 Å². The van der Waals surface area contributed by atoms with Crippen molar-refractivity contribution in [3.05, 3.63) is 109 Å². The van der Waals surface area contributed by atoms with E-state index < -0.39 is 6.60 Å². The van der Waals surface area contributed by atoms with Gasteiger partial charge in [0.1, 0.15) is 0 Å². The number of nitrogen functional groups attached to an aromatic ring is 2. The second kappa shape index (κ2) is 7.39. The summed E-state index contributed by atoms with van der Waals surface area (Å²) in [5, 5.41) is 5.33. The average Bonchev–Trinajstić information content (AvgIpc) is 2.79. The first-order valence-corrected chi connectivity index (χ1v) is 12.4. The van der Waals surface area contributed by atoms with Crippen LogP contribution in [0.4, 0.5) is 11.4 Å². The number of hydrogen-bond donors (Lipinski definition) is 2. The Bertz CT molecular complexity index is 1000. The summed E-state index contributed by atoms with van der Waals surface area (Å²) < 4.78 is 0. The first kappa shape index (κ1) is 19.2. The van der Waals surface area contributed by atoms with Gasteiger partial charge >= 0.3 is 173 Å². The van der Waals surface area contributed by atoms with Gasteiger partial charge in [-0.3, -0.25) is 0 Å². The average molecular weight is 398 g/mol. The molecule has 0 saturated heterocycles. The normalized spacial score (nSPS) is 12.8. The zero-order valence-electron chi connectivity index (χ0n) is 16.7. The van der Waals surface area contributed by atoms with E-state index in [0.29, 0.717) is 0 Å². The van der Waals surface area contributed by atoms with E-state index in [4.69, 9.17) is 11.5 Å². The van der Waals surface area contributed by atoms with Crippen LogP contribution in [0, 0.1) is 0 Å². The Kier molecular flexibility index (Phi) is 4.90. The Morgan fingerprint density at radius 1 is 0.483 bits per heavy atom. The molecule has 146 valence electrons. The Morgan fingerprint density at radius 2 is 0.793 bits per heavy atom. The van der Waals surface area contributed by atoms with E-state index in [9.17, 15) is 0 Å². The Morgan fingerprint density at radius 3 is 1.10 bits per heavy atom. The molecule has 0 aliphatic rings. The second-order valence-corrected chi connectivity index (χ2v) is 12.8. The zero-order chi connectivity index (χ0) is 20.3. The summed E-state index contributed by atoms with van der Waals surface area (Å²) in [5.74, 6) is 0. The Hall–Kier alpha value is -3.09. The fraction of sp³-hybridized carbons (Fsp3) is 0.0769. The molecule has 4 rings (SSSR count). The van der Waals surface area contributed by atoms with E-state index in [1.54, 1.807) is 0 Å². The van der Waals surface area contributed by atoms with Crippen LogP contribution in [0.2, 0.25) is 0 Å². The molecule has 0 heterocycles. The van der Waals surface area contributed by atoms with Gasteiger partial charge in [0, 0.05) is 0 Å². The van der Waals surface area contributed by atoms with Crippen LogP contribution in [0.15, 0.2) is 109 Å². The predicted octanol–water partition coefficient (Wildman–Crippen LogP) is 4.03. The predicted molar refractivity (Wildman–Crippen MR) is 131 cm³/mol. The van der Waals surface area contributed by atoms with Gasteiger partial charge in [0.2, 0.25) is 0 Å². The monoisotopic (exact) mass is 398 g/mol. The molecular weight excluding hydrogens is 371 g/mol. The molecule has 3 heteroatoms. The third-order valence-corrected chi connectivity index (χ3v) is 13.2. The van der Waals surface area contributed by atoms with Crippen molar-refractivity contribution < 1.29 is 0 Å². The molecular formula is C26H27N2P. The van der Waals surface area contributed by atoms with Crippen LogP contribution < -0.4 is 32.7 Å². The maximum atomic E-state index is 6.09. The van der Waals surface area contributed by atoms with Crippen molar-refractivity contribution in [1.82, 2.24) is 0 Å². The number of benzene rings is 4. The molecule has 4 N–H and O–H groups in total. The molecule has 0 aromatic heterocycles. The fourth-order valence-corrected chi connectivity index (χ4v) is 11.3. The van der Waals surface area contributed by atoms with Gasteiger partial charge in [0.25, 0.3) is 0 Å². The molecule has 2 nitrogen and oxygen atoms in total. The summed E-state index contributed by atoms with van der Waals surface area (Å²) in [6, 6.07) is 38.8. The second-order valence-electron chi connectivity index (χ2n) is 7.47. The van der Waals surface area contributed by atoms with Crippen LogP contribution in [0.5, 0.6) is 0 Å². The van der Waals surface area contributed by atoms with E-state index >= 15 is 0 Å². The van der Waals surface area contributed by atoms with E-state index in [0.717, 1.165) is 17.5 Å². The minimum absolute atomic E-state index is 0.778. The molecule has 4 aromatic carbocycles. The number of hydrogen-bond acceptors (Lipinski definition) is 2. The molecule has 0 unspecified atom stereocenters. The number of nitrogens with two attached hydrogens (primary N) is 2. The molecule has 0 aliphatic heterocycles. The van der Waals surface area contributed by atoms with Crippen LogP contribution in [-0.2, 0) is 0 Å². The van der Waals surface area contributed by atoms with Gasteiger partial charge in [-0.25, -0.2) is 0 Å². The fourth-order valence-electron chi connectivity index (χ4n) is 4.75. The quantitative estimate of drug-likeness (QED) is 0.394. The van der Waals surface area contributed by atoms with Crippen molar-refractivity contribution in [2.45, 2.75) is 6.92 Å². The van der Waals surface area contributed by atoms with Gasteiger partial charge in [-0.15, -0.1) is 0 Å². The summed E-state index contributed by atoms with van der Waals surface area (Å²) in [5.41, 5.74) is 13.7. The van der Waals surface area contributed by atoms with E-state index in [1.165, 1.54) is 21.2 Å². The minimum atomic E-state index is -3.00. The van der Waals surface area contributed by atoms with Crippen LogP contribution >= 0.6 is 6.60 Å². The van der Waals surface area contributed by atoms with Gasteiger partial charge in [0.05, 0.1) is 0 Å². The van der Waals surface area contributed by atoms with Gasteiger partial charge < -0.3 is 0 Å². The van der Waals surface area contributed by atoms with Crippen LogP contribution in [0.1, 0.15) is 6.92 Å². The Balaban J connectivity index is 2.26. The van der Waals surface area contributed by atoms with E-state index in [1.807, 2.05) is 24.3 Å². The van der Waals surface area contributed by atoms with Gasteiger partial charge in [-0.1, -0.05) is 0 Å². The summed E-state index contributed by atoms with van der Waals surface area (Å²) in [6.07, 6.45) is 0.966. The van der Waals surface area contributed by atoms with E-state index in [-0.39, 0.29) is 0 Å². The van der Waals surface area contributed by atoms with Crippen LogP contribution in [-0.4, -0.2) is 6.16 Å². The van der Waals surface area contributed by atoms with Crippen molar-refractivity contribution in [1.29, 1.82) is 0 Å². The standard InChI is InChI=1S/C26H27N2P/c1-2-29(23-9-5-3-6-10-23,24-11-7-4-8-12-24,25-17-13-21(27)14-18-25)26-19-15-22(28)16-20-26/h3-20H,2,27-28H2,1H3. The number of rotatable bonds is 5. The van der Waals surface area contributed by atoms with Gasteiger partial charge in [-0.05, 0) is 0 Å². The third-order valence-electron chi connectivity index (χ3n) is 6.21. The van der Waals surface area contributed by atoms with Crippen molar-refractivity contribution in [2.75, 3.05) is 17.6 Å². The molecule has 0 amide bonds. The maximum absolute atomic E-state index is 6.09. The van der Waals surface area contributed by atoms with Crippen molar-refractivity contribution in [3.63, 3.8) is 0 Å². The molecule has 29 heavy (non-hydrogen) atoms. The van der Waals surface area contributed by atoms with Crippen LogP contribution in [0.25, 0.3) is 0 Å². The molecule has 0 aliphatic carbocycles. The molecule has 4 aromatic rings. The number of anilines is 2. The van der Waals surface area contributed by atoms with E-state index in [2.05, 4.69) is 91.9 Å².